The van der Waals surface area contributed by atoms with Crippen LogP contribution in [0.5, 0.6) is 0 Å². The number of thiazole rings is 1. The maximum Gasteiger partial charge on any atom is 0.191 e. The molecule has 1 saturated carbocycles. The van der Waals surface area contributed by atoms with E-state index in [0.29, 0.717) is 0 Å². The van der Waals surface area contributed by atoms with Crippen LogP contribution >= 0.6 is 11.3 Å². The van der Waals surface area contributed by atoms with E-state index in [1.54, 1.807) is 11.3 Å². The van der Waals surface area contributed by atoms with Crippen LogP contribution in [0.2, 0.25) is 0 Å². The Kier molecular flexibility index (Phi) is 5.19. The highest BCUT2D eigenvalue weighted by atomic mass is 32.1. The van der Waals surface area contributed by atoms with E-state index < -0.39 is 0 Å². The van der Waals surface area contributed by atoms with Gasteiger partial charge in [0.2, 0.25) is 0 Å². The van der Waals surface area contributed by atoms with Crippen molar-refractivity contribution in [1.82, 2.24) is 15.6 Å². The molecule has 128 valence electrons. The number of nitrogens with zero attached hydrogens (tertiary/aromatic N) is 2. The fourth-order valence-electron chi connectivity index (χ4n) is 3.21. The minimum Gasteiger partial charge on any atom is -0.356 e. The molecule has 0 radical (unpaired) electrons. The first kappa shape index (κ1) is 17.0. The van der Waals surface area contributed by atoms with E-state index in [1.165, 1.54) is 29.7 Å². The number of guanidine groups is 1. The molecule has 1 aliphatic carbocycles. The molecule has 0 spiro atoms. The fourth-order valence-corrected chi connectivity index (χ4v) is 4.08. The Morgan fingerprint density at radius 2 is 1.96 bits per heavy atom. The molecule has 0 saturated heterocycles. The van der Waals surface area contributed by atoms with Crippen molar-refractivity contribution >= 4 is 17.3 Å². The van der Waals surface area contributed by atoms with Crippen LogP contribution < -0.4 is 10.6 Å². The molecule has 0 unspecified atom stereocenters. The second-order valence-electron chi connectivity index (χ2n) is 6.53. The van der Waals surface area contributed by atoms with Crippen molar-refractivity contribution in [2.45, 2.75) is 45.1 Å². The molecule has 2 N–H and O–H groups in total. The minimum absolute atomic E-state index is 0.257. The smallest absolute Gasteiger partial charge is 0.191 e. The summed E-state index contributed by atoms with van der Waals surface area (Å²) in [7, 11) is 1.82. The van der Waals surface area contributed by atoms with Gasteiger partial charge in [0.1, 0.15) is 5.01 Å². The second kappa shape index (κ2) is 7.34. The number of aliphatic imine (C=N–C) groups is 1. The lowest BCUT2D eigenvalue weighted by molar-refractivity contribution is 0.244. The molecule has 1 aliphatic rings. The van der Waals surface area contributed by atoms with Gasteiger partial charge in [-0.2, -0.15) is 0 Å². The van der Waals surface area contributed by atoms with Crippen molar-refractivity contribution in [1.29, 1.82) is 0 Å². The molecule has 0 atom stereocenters. The zero-order valence-electron chi connectivity index (χ0n) is 14.7. The Bertz CT molecular complexity index is 682. The number of benzene rings is 1. The lowest BCUT2D eigenvalue weighted by atomic mass is 9.64. The molecule has 1 fully saturated rings. The average Bonchev–Trinajstić information content (AvgIpc) is 2.88. The number of hydrogen-bond donors (Lipinski definition) is 2. The maximum atomic E-state index is 4.57. The summed E-state index contributed by atoms with van der Waals surface area (Å²) in [4.78, 5) is 10.2. The number of aryl methyl sites for hydroxylation is 2. The quantitative estimate of drug-likeness (QED) is 0.645. The number of nitrogens with one attached hydrogen (secondary N) is 2. The fraction of sp³-hybridized carbons (Fsp3) is 0.474. The second-order valence-corrected chi connectivity index (χ2v) is 7.82. The van der Waals surface area contributed by atoms with Crippen LogP contribution in [-0.2, 0) is 12.0 Å². The summed E-state index contributed by atoms with van der Waals surface area (Å²) in [5, 5.41) is 8.01. The van der Waals surface area contributed by atoms with E-state index in [0.717, 1.165) is 29.8 Å². The van der Waals surface area contributed by atoms with Gasteiger partial charge in [0.05, 0.1) is 12.2 Å². The first-order valence-corrected chi connectivity index (χ1v) is 9.37. The largest absolute Gasteiger partial charge is 0.356 e. The van der Waals surface area contributed by atoms with Crippen LogP contribution in [0.3, 0.4) is 0 Å². The van der Waals surface area contributed by atoms with E-state index in [2.05, 4.69) is 64.8 Å². The van der Waals surface area contributed by atoms with Gasteiger partial charge in [0.15, 0.2) is 5.96 Å². The molecule has 4 nitrogen and oxygen atoms in total. The zero-order chi connectivity index (χ0) is 17.0. The summed E-state index contributed by atoms with van der Waals surface area (Å²) < 4.78 is 0. The average molecular weight is 343 g/mol. The molecule has 0 aliphatic heterocycles. The summed E-state index contributed by atoms with van der Waals surface area (Å²) in [5.41, 5.74) is 2.82. The molecule has 5 heteroatoms. The van der Waals surface area contributed by atoms with Gasteiger partial charge in [0, 0.05) is 23.9 Å². The SMILES string of the molecule is CN=C(NCc1nc(C)c(C)s1)NCC1(c2ccccc2)CCC1. The summed E-state index contributed by atoms with van der Waals surface area (Å²) in [6.45, 7) is 5.82. The third kappa shape index (κ3) is 3.61. The van der Waals surface area contributed by atoms with Gasteiger partial charge in [-0.05, 0) is 32.3 Å². The summed E-state index contributed by atoms with van der Waals surface area (Å²) in [5.74, 6) is 0.850. The highest BCUT2D eigenvalue weighted by Crippen LogP contribution is 2.43. The van der Waals surface area contributed by atoms with Crippen LogP contribution in [0, 0.1) is 13.8 Å². The predicted molar refractivity (Wildman–Crippen MR) is 102 cm³/mol. The summed E-state index contributed by atoms with van der Waals surface area (Å²) >= 11 is 1.75. The number of rotatable bonds is 5. The Labute approximate surface area is 148 Å². The summed E-state index contributed by atoms with van der Waals surface area (Å²) in [6.07, 6.45) is 3.79. The molecule has 1 aromatic carbocycles. The molecule has 3 rings (SSSR count). The van der Waals surface area contributed by atoms with E-state index >= 15 is 0 Å². The summed E-state index contributed by atoms with van der Waals surface area (Å²) in [6, 6.07) is 10.9. The third-order valence-corrected chi connectivity index (χ3v) is 6.07. The first-order valence-electron chi connectivity index (χ1n) is 8.56. The van der Waals surface area contributed by atoms with E-state index in [1.807, 2.05) is 7.05 Å². The van der Waals surface area contributed by atoms with Gasteiger partial charge < -0.3 is 10.6 Å². The van der Waals surface area contributed by atoms with Crippen LogP contribution in [0.4, 0.5) is 0 Å². The van der Waals surface area contributed by atoms with E-state index in [9.17, 15) is 0 Å². The van der Waals surface area contributed by atoms with Gasteiger partial charge in [-0.15, -0.1) is 11.3 Å². The highest BCUT2D eigenvalue weighted by Gasteiger charge is 2.38. The number of hydrogen-bond acceptors (Lipinski definition) is 3. The minimum atomic E-state index is 0.257. The lowest BCUT2D eigenvalue weighted by Gasteiger charge is -2.43. The van der Waals surface area contributed by atoms with Gasteiger partial charge in [0.25, 0.3) is 0 Å². The molecule has 1 aromatic heterocycles. The normalized spacial score (nSPS) is 16.5. The third-order valence-electron chi connectivity index (χ3n) is 4.99. The number of aromatic nitrogens is 1. The lowest BCUT2D eigenvalue weighted by Crippen LogP contribution is -2.48. The van der Waals surface area contributed by atoms with Crippen LogP contribution in [0.25, 0.3) is 0 Å². The van der Waals surface area contributed by atoms with E-state index in [4.69, 9.17) is 0 Å². The van der Waals surface area contributed by atoms with Gasteiger partial charge >= 0.3 is 0 Å². The molecule has 0 bridgehead atoms. The van der Waals surface area contributed by atoms with Crippen molar-refractivity contribution in [3.05, 3.63) is 51.5 Å². The maximum absolute atomic E-state index is 4.57. The van der Waals surface area contributed by atoms with Gasteiger partial charge in [-0.1, -0.05) is 36.8 Å². The topological polar surface area (TPSA) is 49.3 Å². The first-order chi connectivity index (χ1) is 11.6. The molecule has 1 heterocycles. The Morgan fingerprint density at radius 3 is 2.50 bits per heavy atom. The molecular formula is C19H26N4S. The van der Waals surface area contributed by atoms with Crippen molar-refractivity contribution in [2.24, 2.45) is 4.99 Å². The van der Waals surface area contributed by atoms with Crippen molar-refractivity contribution in [2.75, 3.05) is 13.6 Å². The van der Waals surface area contributed by atoms with Crippen LogP contribution in [-0.4, -0.2) is 24.5 Å². The Balaban J connectivity index is 1.57. The molecule has 24 heavy (non-hydrogen) atoms. The Hall–Kier alpha value is -1.88. The molecular weight excluding hydrogens is 316 g/mol. The highest BCUT2D eigenvalue weighted by molar-refractivity contribution is 7.11. The zero-order valence-corrected chi connectivity index (χ0v) is 15.5. The van der Waals surface area contributed by atoms with Crippen molar-refractivity contribution in [3.63, 3.8) is 0 Å². The van der Waals surface area contributed by atoms with Crippen molar-refractivity contribution in [3.8, 4) is 0 Å². The van der Waals surface area contributed by atoms with Gasteiger partial charge in [-0.25, -0.2) is 4.98 Å². The monoisotopic (exact) mass is 342 g/mol. The molecule has 2 aromatic rings. The van der Waals surface area contributed by atoms with Crippen LogP contribution in [0.15, 0.2) is 35.3 Å². The van der Waals surface area contributed by atoms with Gasteiger partial charge in [-0.3, -0.25) is 4.99 Å². The Morgan fingerprint density at radius 1 is 1.21 bits per heavy atom. The van der Waals surface area contributed by atoms with Crippen LogP contribution in [0.1, 0.15) is 40.4 Å². The standard InChI is InChI=1S/C19H26N4S/c1-14-15(2)24-17(23-14)12-21-18(20-3)22-13-19(10-7-11-19)16-8-5-4-6-9-16/h4-6,8-9H,7,10-13H2,1-3H3,(H2,20,21,22). The van der Waals surface area contributed by atoms with E-state index in [-0.39, 0.29) is 5.41 Å². The predicted octanol–water partition coefficient (Wildman–Crippen LogP) is 3.55. The molecule has 0 amide bonds. The van der Waals surface area contributed by atoms with Crippen molar-refractivity contribution < 1.29 is 0 Å².